The number of nitrogens with zero attached hydrogens (tertiary/aromatic N) is 2. The number of aryl methyl sites for hydroxylation is 1. The minimum atomic E-state index is 0.275. The minimum Gasteiger partial charge on any atom is -0.311 e. The van der Waals surface area contributed by atoms with E-state index >= 15 is 0 Å². The van der Waals surface area contributed by atoms with Crippen LogP contribution in [0.1, 0.15) is 30.0 Å². The average molecular weight is 282 g/mol. The zero-order valence-electron chi connectivity index (χ0n) is 10.7. The van der Waals surface area contributed by atoms with Crippen molar-refractivity contribution in [3.8, 4) is 10.6 Å². The molecule has 5 heteroatoms. The number of nitrogens with one attached hydrogen (secondary N) is 1. The molecule has 0 aliphatic heterocycles. The highest BCUT2D eigenvalue weighted by Gasteiger charge is 2.14. The third kappa shape index (κ3) is 2.88. The van der Waals surface area contributed by atoms with Crippen molar-refractivity contribution in [1.29, 1.82) is 0 Å². The van der Waals surface area contributed by atoms with E-state index in [4.69, 9.17) is 11.6 Å². The summed E-state index contributed by atoms with van der Waals surface area (Å²) in [7, 11) is 1.94. The topological polar surface area (TPSA) is 37.8 Å². The van der Waals surface area contributed by atoms with E-state index in [0.29, 0.717) is 0 Å². The van der Waals surface area contributed by atoms with Crippen molar-refractivity contribution in [2.75, 3.05) is 7.05 Å². The molecule has 0 spiro atoms. The largest absolute Gasteiger partial charge is 0.311 e. The fourth-order valence-corrected chi connectivity index (χ4v) is 3.17. The van der Waals surface area contributed by atoms with Gasteiger partial charge in [-0.2, -0.15) is 0 Å². The Morgan fingerprint density at radius 2 is 2.11 bits per heavy atom. The normalized spacial score (nSPS) is 12.7. The first kappa shape index (κ1) is 13.5. The lowest BCUT2D eigenvalue weighted by Crippen LogP contribution is -2.14. The summed E-state index contributed by atoms with van der Waals surface area (Å²) in [6.07, 6.45) is 1.000. The minimum absolute atomic E-state index is 0.275. The summed E-state index contributed by atoms with van der Waals surface area (Å²) in [5.74, 6) is 0. The maximum atomic E-state index is 6.07. The van der Waals surface area contributed by atoms with Crippen molar-refractivity contribution in [2.45, 2.75) is 26.3 Å². The van der Waals surface area contributed by atoms with Gasteiger partial charge >= 0.3 is 0 Å². The molecule has 0 saturated carbocycles. The number of hydrogen-bond donors (Lipinski definition) is 1. The lowest BCUT2D eigenvalue weighted by atomic mass is 10.1. The SMILES string of the molecule is CCC(NC)c1nnc(-c2cc(C)cc(Cl)c2)s1. The predicted octanol–water partition coefficient (Wildman–Crippen LogP) is 3.84. The van der Waals surface area contributed by atoms with E-state index in [0.717, 1.165) is 32.6 Å². The van der Waals surface area contributed by atoms with Crippen LogP contribution in [-0.4, -0.2) is 17.2 Å². The predicted molar refractivity (Wildman–Crippen MR) is 77.2 cm³/mol. The first-order valence-corrected chi connectivity index (χ1v) is 7.11. The van der Waals surface area contributed by atoms with Gasteiger partial charge in [-0.3, -0.25) is 0 Å². The van der Waals surface area contributed by atoms with E-state index in [9.17, 15) is 0 Å². The fourth-order valence-electron chi connectivity index (χ4n) is 1.85. The van der Waals surface area contributed by atoms with Crippen LogP contribution in [-0.2, 0) is 0 Å². The second-order valence-electron chi connectivity index (χ2n) is 4.21. The molecule has 3 nitrogen and oxygen atoms in total. The zero-order chi connectivity index (χ0) is 13.1. The smallest absolute Gasteiger partial charge is 0.147 e. The molecule has 0 radical (unpaired) electrons. The number of aromatic nitrogens is 2. The van der Waals surface area contributed by atoms with Crippen molar-refractivity contribution in [3.05, 3.63) is 33.8 Å². The standard InChI is InChI=1S/C13H16ClN3S/c1-4-11(15-3)13-17-16-12(18-13)9-5-8(2)6-10(14)7-9/h5-7,11,15H,4H2,1-3H3. The van der Waals surface area contributed by atoms with E-state index in [1.807, 2.05) is 26.1 Å². The Hall–Kier alpha value is -0.970. The molecule has 1 atom stereocenters. The summed E-state index contributed by atoms with van der Waals surface area (Å²) in [6.45, 7) is 4.16. The Balaban J connectivity index is 2.34. The Morgan fingerprint density at radius 1 is 1.33 bits per heavy atom. The lowest BCUT2D eigenvalue weighted by Gasteiger charge is -2.08. The number of hydrogen-bond acceptors (Lipinski definition) is 4. The van der Waals surface area contributed by atoms with Crippen molar-refractivity contribution >= 4 is 22.9 Å². The molecule has 2 rings (SSSR count). The molecule has 0 saturated heterocycles. The van der Waals surface area contributed by atoms with Gasteiger partial charge in [0.05, 0.1) is 6.04 Å². The Bertz CT molecular complexity index is 515. The van der Waals surface area contributed by atoms with E-state index in [2.05, 4.69) is 28.5 Å². The van der Waals surface area contributed by atoms with Gasteiger partial charge in [-0.25, -0.2) is 0 Å². The van der Waals surface area contributed by atoms with Crippen LogP contribution in [0.5, 0.6) is 0 Å². The van der Waals surface area contributed by atoms with Gasteiger partial charge < -0.3 is 5.32 Å². The molecule has 0 amide bonds. The highest BCUT2D eigenvalue weighted by atomic mass is 35.5. The third-order valence-electron chi connectivity index (χ3n) is 2.78. The van der Waals surface area contributed by atoms with Gasteiger partial charge in [0, 0.05) is 10.6 Å². The van der Waals surface area contributed by atoms with Crippen molar-refractivity contribution < 1.29 is 0 Å². The monoisotopic (exact) mass is 281 g/mol. The molecular formula is C13H16ClN3S. The van der Waals surface area contributed by atoms with E-state index in [-0.39, 0.29) is 6.04 Å². The molecule has 0 fully saturated rings. The Kier molecular flexibility index (Phi) is 4.32. The first-order chi connectivity index (χ1) is 8.63. The zero-order valence-corrected chi connectivity index (χ0v) is 12.3. The summed E-state index contributed by atoms with van der Waals surface area (Å²) in [5.41, 5.74) is 2.17. The van der Waals surface area contributed by atoms with Crippen molar-refractivity contribution in [2.24, 2.45) is 0 Å². The molecular weight excluding hydrogens is 266 g/mol. The molecule has 1 unspecified atom stereocenters. The summed E-state index contributed by atoms with van der Waals surface area (Å²) in [4.78, 5) is 0. The number of rotatable bonds is 4. The van der Waals surface area contributed by atoms with Crippen LogP contribution in [0.2, 0.25) is 5.02 Å². The maximum absolute atomic E-state index is 6.07. The quantitative estimate of drug-likeness (QED) is 0.925. The molecule has 0 aliphatic rings. The molecule has 1 heterocycles. The second-order valence-corrected chi connectivity index (χ2v) is 5.66. The Labute approximate surface area is 116 Å². The van der Waals surface area contributed by atoms with Crippen LogP contribution in [0, 0.1) is 6.92 Å². The number of benzene rings is 1. The van der Waals surface area contributed by atoms with Crippen LogP contribution < -0.4 is 5.32 Å². The summed E-state index contributed by atoms with van der Waals surface area (Å²) < 4.78 is 0. The summed E-state index contributed by atoms with van der Waals surface area (Å²) in [5, 5.41) is 14.4. The van der Waals surface area contributed by atoms with Crippen LogP contribution in [0.25, 0.3) is 10.6 Å². The Morgan fingerprint density at radius 3 is 2.72 bits per heavy atom. The third-order valence-corrected chi connectivity index (χ3v) is 4.09. The molecule has 1 aromatic carbocycles. The van der Waals surface area contributed by atoms with Gasteiger partial charge in [-0.05, 0) is 44.2 Å². The van der Waals surface area contributed by atoms with Gasteiger partial charge in [0.15, 0.2) is 0 Å². The molecule has 0 bridgehead atoms. The van der Waals surface area contributed by atoms with Gasteiger partial charge in [0.1, 0.15) is 10.0 Å². The van der Waals surface area contributed by atoms with Crippen LogP contribution >= 0.6 is 22.9 Å². The number of halogens is 1. The molecule has 1 aromatic heterocycles. The first-order valence-electron chi connectivity index (χ1n) is 5.92. The van der Waals surface area contributed by atoms with Crippen LogP contribution in [0.3, 0.4) is 0 Å². The highest BCUT2D eigenvalue weighted by Crippen LogP contribution is 2.30. The second kappa shape index (κ2) is 5.78. The van der Waals surface area contributed by atoms with Gasteiger partial charge in [-0.15, -0.1) is 10.2 Å². The molecule has 0 aliphatic carbocycles. The molecule has 2 aromatic rings. The average Bonchev–Trinajstić information content (AvgIpc) is 2.79. The molecule has 96 valence electrons. The maximum Gasteiger partial charge on any atom is 0.147 e. The van der Waals surface area contributed by atoms with E-state index in [1.165, 1.54) is 0 Å². The van der Waals surface area contributed by atoms with E-state index in [1.54, 1.807) is 11.3 Å². The van der Waals surface area contributed by atoms with Gasteiger partial charge in [0.2, 0.25) is 0 Å². The summed E-state index contributed by atoms with van der Waals surface area (Å²) in [6, 6.07) is 6.22. The van der Waals surface area contributed by atoms with Crippen LogP contribution in [0.4, 0.5) is 0 Å². The van der Waals surface area contributed by atoms with Gasteiger partial charge in [-0.1, -0.05) is 29.9 Å². The van der Waals surface area contributed by atoms with E-state index < -0.39 is 0 Å². The van der Waals surface area contributed by atoms with Crippen LogP contribution in [0.15, 0.2) is 18.2 Å². The highest BCUT2D eigenvalue weighted by molar-refractivity contribution is 7.14. The van der Waals surface area contributed by atoms with Crippen molar-refractivity contribution in [3.63, 3.8) is 0 Å². The fraction of sp³-hybridized carbons (Fsp3) is 0.385. The molecule has 18 heavy (non-hydrogen) atoms. The lowest BCUT2D eigenvalue weighted by molar-refractivity contribution is 0.568. The van der Waals surface area contributed by atoms with Gasteiger partial charge in [0.25, 0.3) is 0 Å². The summed E-state index contributed by atoms with van der Waals surface area (Å²) >= 11 is 7.69. The molecule has 1 N–H and O–H groups in total. The van der Waals surface area contributed by atoms with Crippen molar-refractivity contribution in [1.82, 2.24) is 15.5 Å².